The average molecular weight is 300 g/mol. The van der Waals surface area contributed by atoms with E-state index < -0.39 is 11.7 Å². The fraction of sp³-hybridized carbons (Fsp3) is 0.263. The molecular weight excluding hydrogens is 285 g/mol. The standard InChI is InChI=1S/C19H15F3/c20-19(21,22)17-11-13-6-2-3-7-14(13)16-10-9-12-5-1-4-8-15(12)18(16)17/h2-3,6-7,9-11H,1,4-5,8H2. The molecule has 0 spiro atoms. The number of benzene rings is 3. The topological polar surface area (TPSA) is 0 Å². The van der Waals surface area contributed by atoms with Crippen LogP contribution in [0.2, 0.25) is 0 Å². The zero-order chi connectivity index (χ0) is 15.3. The first-order valence-electron chi connectivity index (χ1n) is 7.59. The molecule has 4 rings (SSSR count). The van der Waals surface area contributed by atoms with Gasteiger partial charge in [0, 0.05) is 0 Å². The van der Waals surface area contributed by atoms with Crippen LogP contribution in [0.5, 0.6) is 0 Å². The Hall–Kier alpha value is -2.03. The highest BCUT2D eigenvalue weighted by Gasteiger charge is 2.34. The van der Waals surface area contributed by atoms with Crippen molar-refractivity contribution in [1.82, 2.24) is 0 Å². The highest BCUT2D eigenvalue weighted by atomic mass is 19.4. The van der Waals surface area contributed by atoms with Gasteiger partial charge in [0.25, 0.3) is 0 Å². The molecule has 0 heterocycles. The van der Waals surface area contributed by atoms with E-state index in [-0.39, 0.29) is 0 Å². The van der Waals surface area contributed by atoms with Crippen LogP contribution in [0.3, 0.4) is 0 Å². The maximum Gasteiger partial charge on any atom is 0.417 e. The summed E-state index contributed by atoms with van der Waals surface area (Å²) in [6.45, 7) is 0. The van der Waals surface area contributed by atoms with Crippen LogP contribution >= 0.6 is 0 Å². The Bertz CT molecular complexity index is 875. The fourth-order valence-corrected chi connectivity index (χ4v) is 3.68. The molecule has 0 atom stereocenters. The summed E-state index contributed by atoms with van der Waals surface area (Å²) >= 11 is 0. The second-order valence-corrected chi connectivity index (χ2v) is 5.98. The van der Waals surface area contributed by atoms with Gasteiger partial charge in [-0.25, -0.2) is 0 Å². The minimum absolute atomic E-state index is 0.420. The molecule has 0 fully saturated rings. The lowest BCUT2D eigenvalue weighted by Crippen LogP contribution is -2.10. The van der Waals surface area contributed by atoms with E-state index in [1.54, 1.807) is 12.1 Å². The number of aryl methyl sites for hydroxylation is 2. The average Bonchev–Trinajstić information content (AvgIpc) is 2.52. The Balaban J connectivity index is 2.22. The molecule has 3 aromatic carbocycles. The molecule has 0 aromatic heterocycles. The summed E-state index contributed by atoms with van der Waals surface area (Å²) in [6, 6.07) is 12.5. The lowest BCUT2D eigenvalue weighted by atomic mass is 9.84. The Labute approximate surface area is 126 Å². The smallest absolute Gasteiger partial charge is 0.166 e. The molecule has 0 saturated heterocycles. The van der Waals surface area contributed by atoms with E-state index in [0.717, 1.165) is 47.6 Å². The van der Waals surface area contributed by atoms with Crippen molar-refractivity contribution >= 4 is 21.5 Å². The van der Waals surface area contributed by atoms with Crippen LogP contribution in [0.15, 0.2) is 42.5 Å². The minimum atomic E-state index is -4.32. The molecular formula is C19H15F3. The van der Waals surface area contributed by atoms with Crippen molar-refractivity contribution in [3.63, 3.8) is 0 Å². The normalized spacial score (nSPS) is 15.2. The number of alkyl halides is 3. The molecule has 0 amide bonds. The molecule has 1 aliphatic rings. The lowest BCUT2D eigenvalue weighted by Gasteiger charge is -2.22. The van der Waals surface area contributed by atoms with E-state index >= 15 is 0 Å². The van der Waals surface area contributed by atoms with Gasteiger partial charge in [-0.3, -0.25) is 0 Å². The zero-order valence-electron chi connectivity index (χ0n) is 12.0. The van der Waals surface area contributed by atoms with Crippen molar-refractivity contribution in [3.05, 3.63) is 59.2 Å². The lowest BCUT2D eigenvalue weighted by molar-refractivity contribution is -0.136. The van der Waals surface area contributed by atoms with Gasteiger partial charge >= 0.3 is 6.18 Å². The van der Waals surface area contributed by atoms with E-state index in [9.17, 15) is 13.2 Å². The number of hydrogen-bond donors (Lipinski definition) is 0. The fourth-order valence-electron chi connectivity index (χ4n) is 3.68. The Morgan fingerprint density at radius 3 is 2.41 bits per heavy atom. The highest BCUT2D eigenvalue weighted by Crippen LogP contribution is 2.42. The van der Waals surface area contributed by atoms with Crippen LogP contribution in [0.25, 0.3) is 21.5 Å². The van der Waals surface area contributed by atoms with E-state index in [1.165, 1.54) is 6.07 Å². The molecule has 0 N–H and O–H groups in total. The number of fused-ring (bicyclic) bond motifs is 5. The largest absolute Gasteiger partial charge is 0.417 e. The van der Waals surface area contributed by atoms with Crippen LogP contribution in [-0.4, -0.2) is 0 Å². The van der Waals surface area contributed by atoms with Crippen LogP contribution in [0.1, 0.15) is 29.5 Å². The SMILES string of the molecule is FC(F)(F)c1cc2ccccc2c2ccc3c(c12)CCCC3. The van der Waals surface area contributed by atoms with Gasteiger partial charge in [0.15, 0.2) is 0 Å². The molecule has 0 aliphatic heterocycles. The third-order valence-corrected chi connectivity index (χ3v) is 4.66. The molecule has 1 aliphatic carbocycles. The monoisotopic (exact) mass is 300 g/mol. The van der Waals surface area contributed by atoms with Gasteiger partial charge in [-0.15, -0.1) is 0 Å². The summed E-state index contributed by atoms with van der Waals surface area (Å²) in [7, 11) is 0. The maximum absolute atomic E-state index is 13.6. The summed E-state index contributed by atoms with van der Waals surface area (Å²) in [6.07, 6.45) is -0.665. The third-order valence-electron chi connectivity index (χ3n) is 4.66. The van der Waals surface area contributed by atoms with Crippen LogP contribution in [0.4, 0.5) is 13.2 Å². The second kappa shape index (κ2) is 4.73. The first-order valence-corrected chi connectivity index (χ1v) is 7.59. The van der Waals surface area contributed by atoms with Crippen LogP contribution in [0, 0.1) is 0 Å². The van der Waals surface area contributed by atoms with Gasteiger partial charge in [0.1, 0.15) is 0 Å². The van der Waals surface area contributed by atoms with Crippen LogP contribution < -0.4 is 0 Å². The van der Waals surface area contributed by atoms with Crippen molar-refractivity contribution < 1.29 is 13.2 Å². The summed E-state index contributed by atoms with van der Waals surface area (Å²) in [4.78, 5) is 0. The Morgan fingerprint density at radius 2 is 1.59 bits per heavy atom. The molecule has 0 unspecified atom stereocenters. The minimum Gasteiger partial charge on any atom is -0.166 e. The third kappa shape index (κ3) is 1.99. The van der Waals surface area contributed by atoms with Gasteiger partial charge in [-0.1, -0.05) is 36.4 Å². The highest BCUT2D eigenvalue weighted by molar-refractivity contribution is 6.10. The first-order chi connectivity index (χ1) is 10.6. The van der Waals surface area contributed by atoms with Crippen molar-refractivity contribution in [2.24, 2.45) is 0 Å². The van der Waals surface area contributed by atoms with Crippen molar-refractivity contribution in [3.8, 4) is 0 Å². The molecule has 0 radical (unpaired) electrons. The molecule has 0 saturated carbocycles. The van der Waals surface area contributed by atoms with Gasteiger partial charge in [0.2, 0.25) is 0 Å². The maximum atomic E-state index is 13.6. The molecule has 3 aromatic rings. The number of halogens is 3. The van der Waals surface area contributed by atoms with E-state index in [0.29, 0.717) is 10.8 Å². The molecule has 3 heteroatoms. The van der Waals surface area contributed by atoms with Crippen molar-refractivity contribution in [1.29, 1.82) is 0 Å². The molecule has 112 valence electrons. The van der Waals surface area contributed by atoms with Crippen molar-refractivity contribution in [2.45, 2.75) is 31.9 Å². The molecule has 22 heavy (non-hydrogen) atoms. The number of rotatable bonds is 0. The summed E-state index contributed by atoms with van der Waals surface area (Å²) in [5.41, 5.74) is 1.50. The summed E-state index contributed by atoms with van der Waals surface area (Å²) in [5, 5.41) is 2.70. The summed E-state index contributed by atoms with van der Waals surface area (Å²) in [5.74, 6) is 0. The first kappa shape index (κ1) is 13.6. The van der Waals surface area contributed by atoms with Gasteiger partial charge in [0.05, 0.1) is 5.56 Å². The Morgan fingerprint density at radius 1 is 0.818 bits per heavy atom. The summed E-state index contributed by atoms with van der Waals surface area (Å²) < 4.78 is 40.8. The molecule has 0 nitrogen and oxygen atoms in total. The predicted molar refractivity (Wildman–Crippen MR) is 83.1 cm³/mol. The predicted octanol–water partition coefficient (Wildman–Crippen LogP) is 5.89. The molecule has 0 bridgehead atoms. The van der Waals surface area contributed by atoms with Gasteiger partial charge < -0.3 is 0 Å². The van der Waals surface area contributed by atoms with Gasteiger partial charge in [-0.2, -0.15) is 13.2 Å². The van der Waals surface area contributed by atoms with Crippen LogP contribution in [-0.2, 0) is 19.0 Å². The van der Waals surface area contributed by atoms with Gasteiger partial charge in [-0.05, 0) is 64.4 Å². The van der Waals surface area contributed by atoms with Crippen molar-refractivity contribution in [2.75, 3.05) is 0 Å². The second-order valence-electron chi connectivity index (χ2n) is 5.98. The zero-order valence-corrected chi connectivity index (χ0v) is 12.0. The Kier molecular flexibility index (Phi) is 2.93. The van der Waals surface area contributed by atoms with E-state index in [1.807, 2.05) is 24.3 Å². The van der Waals surface area contributed by atoms with E-state index in [4.69, 9.17) is 0 Å². The van der Waals surface area contributed by atoms with E-state index in [2.05, 4.69) is 0 Å². The number of hydrogen-bond acceptors (Lipinski definition) is 0. The quantitative estimate of drug-likeness (QED) is 0.454.